The maximum Gasteiger partial charge on any atom is 0.160 e. The van der Waals surface area contributed by atoms with Crippen molar-refractivity contribution in [3.8, 4) is 0 Å². The normalized spacial score (nSPS) is 18.1. The lowest BCUT2D eigenvalue weighted by Crippen LogP contribution is -2.38. The van der Waals surface area contributed by atoms with E-state index in [0.29, 0.717) is 6.61 Å². The second-order valence-corrected chi connectivity index (χ2v) is 7.19. The van der Waals surface area contributed by atoms with Gasteiger partial charge in [0.1, 0.15) is 5.82 Å². The Morgan fingerprint density at radius 2 is 1.88 bits per heavy atom. The van der Waals surface area contributed by atoms with Crippen LogP contribution in [0.25, 0.3) is 0 Å². The zero-order valence-electron chi connectivity index (χ0n) is 15.9. The third-order valence-corrected chi connectivity index (χ3v) is 5.26. The van der Waals surface area contributed by atoms with Gasteiger partial charge in [-0.05, 0) is 67.6 Å². The Morgan fingerprint density at radius 3 is 2.54 bits per heavy atom. The summed E-state index contributed by atoms with van der Waals surface area (Å²) < 4.78 is 19.1. The van der Waals surface area contributed by atoms with Crippen LogP contribution in [0, 0.1) is 26.6 Å². The number of aryl methyl sites for hydroxylation is 2. The molecule has 1 aliphatic heterocycles. The van der Waals surface area contributed by atoms with E-state index >= 15 is 0 Å². The third kappa shape index (κ3) is 3.87. The molecule has 1 aliphatic rings. The van der Waals surface area contributed by atoms with Gasteiger partial charge in [-0.1, -0.05) is 18.2 Å². The zero-order valence-corrected chi connectivity index (χ0v) is 15.9. The molecule has 1 atom stereocenters. The number of rotatable bonds is 4. The number of carbonyl (C=O) groups excluding carboxylic acids is 1. The number of morpholine rings is 1. The summed E-state index contributed by atoms with van der Waals surface area (Å²) in [5.41, 5.74) is 6.41. The second-order valence-electron chi connectivity index (χ2n) is 7.19. The molecule has 0 spiro atoms. The van der Waals surface area contributed by atoms with Gasteiger partial charge in [0.15, 0.2) is 5.78 Å². The molecule has 138 valence electrons. The molecule has 3 nitrogen and oxygen atoms in total. The lowest BCUT2D eigenvalue weighted by atomic mass is 9.91. The van der Waals surface area contributed by atoms with Crippen LogP contribution in [-0.4, -0.2) is 30.4 Å². The van der Waals surface area contributed by atoms with Gasteiger partial charge in [-0.2, -0.15) is 0 Å². The lowest BCUT2D eigenvalue weighted by Gasteiger charge is -2.34. The van der Waals surface area contributed by atoms with E-state index in [0.717, 1.165) is 41.9 Å². The van der Waals surface area contributed by atoms with Gasteiger partial charge in [-0.25, -0.2) is 4.39 Å². The van der Waals surface area contributed by atoms with Crippen molar-refractivity contribution in [2.45, 2.75) is 40.3 Å². The molecule has 0 aromatic heterocycles. The smallest absolute Gasteiger partial charge is 0.160 e. The highest BCUT2D eigenvalue weighted by Gasteiger charge is 2.24. The molecule has 0 radical (unpaired) electrons. The van der Waals surface area contributed by atoms with Crippen LogP contribution in [0.3, 0.4) is 0 Å². The van der Waals surface area contributed by atoms with Gasteiger partial charge in [0.05, 0.1) is 12.7 Å². The minimum Gasteiger partial charge on any atom is -0.371 e. The Bertz CT molecular complexity index is 814. The van der Waals surface area contributed by atoms with Crippen molar-refractivity contribution < 1.29 is 13.9 Å². The van der Waals surface area contributed by atoms with Crippen molar-refractivity contribution in [2.75, 3.05) is 19.7 Å². The number of hydrogen-bond donors (Lipinski definition) is 0. The van der Waals surface area contributed by atoms with Crippen LogP contribution in [0.4, 0.5) is 4.39 Å². The first kappa shape index (κ1) is 18.7. The highest BCUT2D eigenvalue weighted by Crippen LogP contribution is 2.27. The number of halogens is 1. The van der Waals surface area contributed by atoms with Crippen molar-refractivity contribution in [3.63, 3.8) is 0 Å². The molecule has 4 heteroatoms. The summed E-state index contributed by atoms with van der Waals surface area (Å²) >= 11 is 0. The predicted molar refractivity (Wildman–Crippen MR) is 101 cm³/mol. The van der Waals surface area contributed by atoms with Crippen LogP contribution in [0.5, 0.6) is 0 Å². The molecule has 3 rings (SSSR count). The summed E-state index contributed by atoms with van der Waals surface area (Å²) in [5.74, 6) is -0.114. The second kappa shape index (κ2) is 7.68. The lowest BCUT2D eigenvalue weighted by molar-refractivity contribution is -0.0330. The maximum absolute atomic E-state index is 13.2. The first-order chi connectivity index (χ1) is 12.4. The number of ketones is 1. The van der Waals surface area contributed by atoms with Crippen molar-refractivity contribution in [3.05, 3.63) is 69.5 Å². The highest BCUT2D eigenvalue weighted by atomic mass is 19.1. The molecule has 1 heterocycles. The number of hydrogen-bond acceptors (Lipinski definition) is 3. The van der Waals surface area contributed by atoms with Gasteiger partial charge in [-0.3, -0.25) is 9.69 Å². The van der Waals surface area contributed by atoms with Crippen LogP contribution in [0.15, 0.2) is 30.3 Å². The summed E-state index contributed by atoms with van der Waals surface area (Å²) in [6.07, 6.45) is -0.0531. The van der Waals surface area contributed by atoms with Crippen LogP contribution < -0.4 is 0 Å². The summed E-state index contributed by atoms with van der Waals surface area (Å²) in [6.45, 7) is 10.8. The molecule has 1 fully saturated rings. The zero-order chi connectivity index (χ0) is 18.8. The van der Waals surface area contributed by atoms with E-state index in [1.165, 1.54) is 23.3 Å². The van der Waals surface area contributed by atoms with Gasteiger partial charge in [0.25, 0.3) is 0 Å². The molecule has 0 aliphatic carbocycles. The van der Waals surface area contributed by atoms with Crippen LogP contribution in [0.1, 0.15) is 51.2 Å². The molecule has 2 aromatic rings. The highest BCUT2D eigenvalue weighted by molar-refractivity contribution is 5.97. The van der Waals surface area contributed by atoms with Gasteiger partial charge >= 0.3 is 0 Å². The minimum absolute atomic E-state index is 0.0531. The Labute approximate surface area is 154 Å². The van der Waals surface area contributed by atoms with Crippen molar-refractivity contribution >= 4 is 5.78 Å². The van der Waals surface area contributed by atoms with Gasteiger partial charge in [0, 0.05) is 25.2 Å². The molecule has 0 bridgehead atoms. The first-order valence-electron chi connectivity index (χ1n) is 9.07. The molecular formula is C22H26FNO2. The average Bonchev–Trinajstić information content (AvgIpc) is 2.59. The molecule has 2 aromatic carbocycles. The largest absolute Gasteiger partial charge is 0.371 e. The van der Waals surface area contributed by atoms with E-state index < -0.39 is 0 Å². The monoisotopic (exact) mass is 355 g/mol. The molecule has 26 heavy (non-hydrogen) atoms. The average molecular weight is 355 g/mol. The number of Topliss-reactive ketones (excluding diaryl/α,β-unsaturated/α-hetero) is 1. The molecule has 0 N–H and O–H groups in total. The van der Waals surface area contributed by atoms with Gasteiger partial charge in [-0.15, -0.1) is 0 Å². The van der Waals surface area contributed by atoms with Crippen molar-refractivity contribution in [2.24, 2.45) is 0 Å². The van der Waals surface area contributed by atoms with Crippen LogP contribution in [0.2, 0.25) is 0 Å². The number of benzene rings is 2. The summed E-state index contributed by atoms with van der Waals surface area (Å²) in [7, 11) is 0. The number of nitrogens with zero attached hydrogens (tertiary/aromatic N) is 1. The topological polar surface area (TPSA) is 29.5 Å². The van der Waals surface area contributed by atoms with E-state index in [2.05, 4.69) is 17.9 Å². The standard InChI is InChI=1S/C22H26FNO2/c1-14-11-15(2)22(17(4)25)16(3)20(14)12-24-9-10-26-21(13-24)18-5-7-19(23)8-6-18/h5-8,11,21H,9-10,12-13H2,1-4H3/t21-/m0/s1. The molecule has 0 amide bonds. The molecule has 0 unspecified atom stereocenters. The molecular weight excluding hydrogens is 329 g/mol. The van der Waals surface area contributed by atoms with Gasteiger partial charge in [0.2, 0.25) is 0 Å². The van der Waals surface area contributed by atoms with Crippen molar-refractivity contribution in [1.82, 2.24) is 4.90 Å². The Morgan fingerprint density at radius 1 is 1.19 bits per heavy atom. The van der Waals surface area contributed by atoms with E-state index in [-0.39, 0.29) is 17.7 Å². The van der Waals surface area contributed by atoms with Crippen LogP contribution in [-0.2, 0) is 11.3 Å². The fourth-order valence-corrected chi connectivity index (χ4v) is 3.96. The summed E-state index contributed by atoms with van der Waals surface area (Å²) in [4.78, 5) is 14.4. The maximum atomic E-state index is 13.2. The summed E-state index contributed by atoms with van der Waals surface area (Å²) in [6, 6.07) is 8.65. The fraction of sp³-hybridized carbons (Fsp3) is 0.409. The fourth-order valence-electron chi connectivity index (χ4n) is 3.96. The van der Waals surface area contributed by atoms with Crippen molar-refractivity contribution in [1.29, 1.82) is 0 Å². The summed E-state index contributed by atoms with van der Waals surface area (Å²) in [5, 5.41) is 0. The van der Waals surface area contributed by atoms with Crippen LogP contribution >= 0.6 is 0 Å². The number of carbonyl (C=O) groups is 1. The Balaban J connectivity index is 1.81. The Kier molecular flexibility index (Phi) is 5.54. The van der Waals surface area contributed by atoms with E-state index in [1.807, 2.05) is 13.8 Å². The Hall–Kier alpha value is -2.04. The third-order valence-electron chi connectivity index (χ3n) is 5.26. The molecule has 0 saturated carbocycles. The predicted octanol–water partition coefficient (Wildman–Crippen LogP) is 4.53. The quantitative estimate of drug-likeness (QED) is 0.755. The van der Waals surface area contributed by atoms with E-state index in [4.69, 9.17) is 4.74 Å². The van der Waals surface area contributed by atoms with E-state index in [9.17, 15) is 9.18 Å². The SMILES string of the molecule is CC(=O)c1c(C)cc(C)c(CN2CCO[C@H](c3ccc(F)cc3)C2)c1C. The minimum atomic E-state index is -0.232. The first-order valence-corrected chi connectivity index (χ1v) is 9.07. The van der Waals surface area contributed by atoms with Gasteiger partial charge < -0.3 is 4.74 Å². The van der Waals surface area contributed by atoms with E-state index in [1.54, 1.807) is 19.1 Å². The molecule has 1 saturated heterocycles. The number of ether oxygens (including phenoxy) is 1.